The topological polar surface area (TPSA) is 38.0 Å². The molecule has 3 heteroatoms. The number of rotatable bonds is 3. The molecule has 0 amide bonds. The molecular formula is C12H19FN2. The lowest BCUT2D eigenvalue weighted by atomic mass is 9.97. The molecule has 0 atom stereocenters. The summed E-state index contributed by atoms with van der Waals surface area (Å²) in [6, 6.07) is 4.90. The lowest BCUT2D eigenvalue weighted by Gasteiger charge is -2.19. The zero-order chi connectivity index (χ0) is 11.5. The zero-order valence-corrected chi connectivity index (χ0v) is 9.60. The zero-order valence-electron chi connectivity index (χ0n) is 9.60. The summed E-state index contributed by atoms with van der Waals surface area (Å²) in [5.41, 5.74) is 6.91. The molecule has 3 N–H and O–H groups in total. The molecule has 15 heavy (non-hydrogen) atoms. The van der Waals surface area contributed by atoms with E-state index in [0.29, 0.717) is 6.54 Å². The summed E-state index contributed by atoms with van der Waals surface area (Å²) in [7, 11) is 0. The molecule has 0 aliphatic rings. The molecular weight excluding hydrogens is 191 g/mol. The maximum atomic E-state index is 13.1. The first-order valence-electron chi connectivity index (χ1n) is 5.14. The maximum absolute atomic E-state index is 13.1. The molecule has 1 aromatic rings. The van der Waals surface area contributed by atoms with Crippen LogP contribution in [0.2, 0.25) is 0 Å². The summed E-state index contributed by atoms with van der Waals surface area (Å²) in [6.07, 6.45) is 0. The van der Waals surface area contributed by atoms with Crippen LogP contribution in [0.25, 0.3) is 0 Å². The van der Waals surface area contributed by atoms with E-state index in [9.17, 15) is 4.39 Å². The van der Waals surface area contributed by atoms with Crippen LogP contribution in [0.15, 0.2) is 18.2 Å². The average molecular weight is 210 g/mol. The highest BCUT2D eigenvalue weighted by Crippen LogP contribution is 2.16. The van der Waals surface area contributed by atoms with E-state index in [-0.39, 0.29) is 16.9 Å². The minimum atomic E-state index is -0.343. The van der Waals surface area contributed by atoms with Gasteiger partial charge in [0, 0.05) is 13.1 Å². The van der Waals surface area contributed by atoms with Gasteiger partial charge in [-0.25, -0.2) is 4.39 Å². The third-order valence-electron chi connectivity index (χ3n) is 2.11. The number of nitrogen functional groups attached to an aromatic ring is 1. The second-order valence-corrected chi connectivity index (χ2v) is 4.98. The van der Waals surface area contributed by atoms with Crippen molar-refractivity contribution < 1.29 is 4.39 Å². The number of para-hydroxylation sites is 1. The van der Waals surface area contributed by atoms with Gasteiger partial charge in [-0.15, -0.1) is 0 Å². The van der Waals surface area contributed by atoms with Crippen LogP contribution in [0, 0.1) is 11.2 Å². The van der Waals surface area contributed by atoms with Gasteiger partial charge in [-0.1, -0.05) is 32.9 Å². The number of halogens is 1. The second kappa shape index (κ2) is 4.62. The first kappa shape index (κ1) is 12.0. The number of hydrogen-bond acceptors (Lipinski definition) is 2. The highest BCUT2D eigenvalue weighted by atomic mass is 19.1. The normalized spacial score (nSPS) is 11.7. The summed E-state index contributed by atoms with van der Waals surface area (Å²) < 4.78 is 13.1. The van der Waals surface area contributed by atoms with E-state index in [4.69, 9.17) is 5.73 Å². The minimum absolute atomic E-state index is 0.224. The van der Waals surface area contributed by atoms with Gasteiger partial charge in [0.05, 0.1) is 5.69 Å². The lowest BCUT2D eigenvalue weighted by molar-refractivity contribution is 0.379. The van der Waals surface area contributed by atoms with Crippen LogP contribution in [0.1, 0.15) is 26.3 Å². The van der Waals surface area contributed by atoms with Crippen LogP contribution in [-0.2, 0) is 6.54 Å². The SMILES string of the molecule is CC(C)(C)CNCc1cccc(F)c1N. The Hall–Kier alpha value is -1.09. The van der Waals surface area contributed by atoms with Crippen LogP contribution in [-0.4, -0.2) is 6.54 Å². The fourth-order valence-electron chi connectivity index (χ4n) is 1.31. The van der Waals surface area contributed by atoms with Gasteiger partial charge >= 0.3 is 0 Å². The molecule has 1 aromatic carbocycles. The Morgan fingerprint density at radius 2 is 2.00 bits per heavy atom. The second-order valence-electron chi connectivity index (χ2n) is 4.98. The van der Waals surface area contributed by atoms with E-state index < -0.39 is 0 Å². The molecule has 2 nitrogen and oxygen atoms in total. The molecule has 0 saturated heterocycles. The van der Waals surface area contributed by atoms with E-state index in [0.717, 1.165) is 12.1 Å². The van der Waals surface area contributed by atoms with Gasteiger partial charge < -0.3 is 11.1 Å². The summed E-state index contributed by atoms with van der Waals surface area (Å²) in [5, 5.41) is 3.26. The highest BCUT2D eigenvalue weighted by Gasteiger charge is 2.10. The van der Waals surface area contributed by atoms with Gasteiger partial charge in [-0.3, -0.25) is 0 Å². The largest absolute Gasteiger partial charge is 0.396 e. The van der Waals surface area contributed by atoms with Crippen molar-refractivity contribution in [1.82, 2.24) is 5.32 Å². The number of anilines is 1. The fourth-order valence-corrected chi connectivity index (χ4v) is 1.31. The van der Waals surface area contributed by atoms with Gasteiger partial charge in [0.1, 0.15) is 5.82 Å². The first-order chi connectivity index (χ1) is 6.90. The first-order valence-corrected chi connectivity index (χ1v) is 5.14. The molecule has 0 heterocycles. The minimum Gasteiger partial charge on any atom is -0.396 e. The molecule has 0 saturated carbocycles. The van der Waals surface area contributed by atoms with Crippen LogP contribution in [0.4, 0.5) is 10.1 Å². The van der Waals surface area contributed by atoms with E-state index in [1.165, 1.54) is 6.07 Å². The fraction of sp³-hybridized carbons (Fsp3) is 0.500. The highest BCUT2D eigenvalue weighted by molar-refractivity contribution is 5.47. The molecule has 0 bridgehead atoms. The Morgan fingerprint density at radius 3 is 2.60 bits per heavy atom. The molecule has 0 aliphatic heterocycles. The van der Waals surface area contributed by atoms with Crippen molar-refractivity contribution in [1.29, 1.82) is 0 Å². The Bertz CT molecular complexity index is 329. The van der Waals surface area contributed by atoms with Crippen LogP contribution in [0.3, 0.4) is 0 Å². The van der Waals surface area contributed by atoms with Crippen molar-refractivity contribution in [3.8, 4) is 0 Å². The van der Waals surface area contributed by atoms with E-state index in [2.05, 4.69) is 26.1 Å². The lowest BCUT2D eigenvalue weighted by Crippen LogP contribution is -2.26. The quantitative estimate of drug-likeness (QED) is 0.752. The average Bonchev–Trinajstić information content (AvgIpc) is 2.10. The molecule has 1 rings (SSSR count). The third kappa shape index (κ3) is 3.88. The predicted octanol–water partition coefficient (Wildman–Crippen LogP) is 2.54. The van der Waals surface area contributed by atoms with Gasteiger partial charge in [-0.2, -0.15) is 0 Å². The van der Waals surface area contributed by atoms with Gasteiger partial charge in [0.2, 0.25) is 0 Å². The van der Waals surface area contributed by atoms with E-state index >= 15 is 0 Å². The summed E-state index contributed by atoms with van der Waals surface area (Å²) in [6.45, 7) is 7.93. The van der Waals surface area contributed by atoms with E-state index in [1.54, 1.807) is 6.07 Å². The molecule has 0 spiro atoms. The molecule has 0 fully saturated rings. The van der Waals surface area contributed by atoms with Crippen molar-refractivity contribution in [2.75, 3.05) is 12.3 Å². The molecule has 0 unspecified atom stereocenters. The number of hydrogen-bond donors (Lipinski definition) is 2. The van der Waals surface area contributed by atoms with Crippen molar-refractivity contribution in [3.63, 3.8) is 0 Å². The summed E-state index contributed by atoms with van der Waals surface area (Å²) >= 11 is 0. The Kier molecular flexibility index (Phi) is 3.69. The Labute approximate surface area is 90.7 Å². The van der Waals surface area contributed by atoms with Crippen molar-refractivity contribution in [2.24, 2.45) is 5.41 Å². The molecule has 0 radical (unpaired) electrons. The standard InChI is InChI=1S/C12H19FN2/c1-12(2,3)8-15-7-9-5-4-6-10(13)11(9)14/h4-6,15H,7-8,14H2,1-3H3. The van der Waals surface area contributed by atoms with Crippen molar-refractivity contribution in [2.45, 2.75) is 27.3 Å². The molecule has 0 aliphatic carbocycles. The van der Waals surface area contributed by atoms with Crippen molar-refractivity contribution in [3.05, 3.63) is 29.6 Å². The number of nitrogens with one attached hydrogen (secondary N) is 1. The van der Waals surface area contributed by atoms with Crippen LogP contribution < -0.4 is 11.1 Å². The summed E-state index contributed by atoms with van der Waals surface area (Å²) in [5.74, 6) is -0.343. The van der Waals surface area contributed by atoms with Crippen LogP contribution in [0.5, 0.6) is 0 Å². The Balaban J connectivity index is 2.55. The Morgan fingerprint density at radius 1 is 1.33 bits per heavy atom. The van der Waals surface area contributed by atoms with Gasteiger partial charge in [0.15, 0.2) is 0 Å². The summed E-state index contributed by atoms with van der Waals surface area (Å²) in [4.78, 5) is 0. The molecule has 0 aromatic heterocycles. The molecule has 84 valence electrons. The van der Waals surface area contributed by atoms with Gasteiger partial charge in [0.25, 0.3) is 0 Å². The monoisotopic (exact) mass is 210 g/mol. The van der Waals surface area contributed by atoms with E-state index in [1.807, 2.05) is 6.07 Å². The predicted molar refractivity (Wildman–Crippen MR) is 62.0 cm³/mol. The maximum Gasteiger partial charge on any atom is 0.146 e. The number of nitrogens with two attached hydrogens (primary N) is 1. The van der Waals surface area contributed by atoms with Crippen molar-refractivity contribution >= 4 is 5.69 Å². The van der Waals surface area contributed by atoms with Crippen LogP contribution >= 0.6 is 0 Å². The smallest absolute Gasteiger partial charge is 0.146 e. The van der Waals surface area contributed by atoms with Gasteiger partial charge in [-0.05, 0) is 17.0 Å². The third-order valence-corrected chi connectivity index (χ3v) is 2.11. The number of benzene rings is 1.